The molecule has 0 atom stereocenters. The van der Waals surface area contributed by atoms with Gasteiger partial charge < -0.3 is 10.4 Å². The summed E-state index contributed by atoms with van der Waals surface area (Å²) in [6, 6.07) is 9.36. The third-order valence-electron chi connectivity index (χ3n) is 3.52. The predicted octanol–water partition coefficient (Wildman–Crippen LogP) is 2.19. The maximum atomic E-state index is 12.5. The average molecular weight is 301 g/mol. The number of nitrogens with zero attached hydrogens (tertiary/aromatic N) is 2. The molecule has 22 heavy (non-hydrogen) atoms. The minimum atomic E-state index is -0.985. The second-order valence-electron chi connectivity index (χ2n) is 5.74. The van der Waals surface area contributed by atoms with Crippen LogP contribution in [0.15, 0.2) is 36.5 Å². The first-order valence-corrected chi connectivity index (χ1v) is 6.93. The number of hydrogen-bond acceptors (Lipinski definition) is 3. The van der Waals surface area contributed by atoms with E-state index >= 15 is 0 Å². The van der Waals surface area contributed by atoms with E-state index in [1.807, 2.05) is 45.0 Å². The summed E-state index contributed by atoms with van der Waals surface area (Å²) < 4.78 is 1.26. The van der Waals surface area contributed by atoms with E-state index in [4.69, 9.17) is 5.11 Å². The third-order valence-corrected chi connectivity index (χ3v) is 3.52. The summed E-state index contributed by atoms with van der Waals surface area (Å²) in [5.41, 5.74) is 1.32. The van der Waals surface area contributed by atoms with Gasteiger partial charge in [-0.3, -0.25) is 14.3 Å². The number of rotatable bonds is 5. The highest BCUT2D eigenvalue weighted by atomic mass is 16.4. The second-order valence-corrected chi connectivity index (χ2v) is 5.74. The number of benzene rings is 1. The van der Waals surface area contributed by atoms with Crippen molar-refractivity contribution < 1.29 is 14.7 Å². The van der Waals surface area contributed by atoms with Gasteiger partial charge in [0.25, 0.3) is 0 Å². The number of aromatic nitrogens is 2. The predicted molar refractivity (Wildman–Crippen MR) is 82.7 cm³/mol. The summed E-state index contributed by atoms with van der Waals surface area (Å²) >= 11 is 0. The van der Waals surface area contributed by atoms with Gasteiger partial charge in [-0.15, -0.1) is 0 Å². The first kappa shape index (κ1) is 15.8. The molecule has 1 aromatic heterocycles. The fraction of sp³-hybridized carbons (Fsp3) is 0.312. The molecule has 0 saturated carbocycles. The lowest BCUT2D eigenvalue weighted by molar-refractivity contribution is -0.137. The zero-order chi connectivity index (χ0) is 16.3. The topological polar surface area (TPSA) is 84.2 Å². The summed E-state index contributed by atoms with van der Waals surface area (Å²) in [6.07, 6.45) is 1.52. The van der Waals surface area contributed by atoms with Crippen LogP contribution in [-0.4, -0.2) is 26.8 Å². The number of hydrogen-bond donors (Lipinski definition) is 2. The molecule has 2 rings (SSSR count). The molecule has 1 amide bonds. The summed E-state index contributed by atoms with van der Waals surface area (Å²) in [5.74, 6) is -0.843. The lowest BCUT2D eigenvalue weighted by Gasteiger charge is -2.23. The fourth-order valence-corrected chi connectivity index (χ4v) is 2.03. The van der Waals surface area contributed by atoms with Crippen LogP contribution in [0.2, 0.25) is 0 Å². The van der Waals surface area contributed by atoms with Crippen molar-refractivity contribution in [3.63, 3.8) is 0 Å². The normalized spacial score (nSPS) is 11.2. The molecule has 0 unspecified atom stereocenters. The monoisotopic (exact) mass is 301 g/mol. The quantitative estimate of drug-likeness (QED) is 0.886. The Morgan fingerprint density at radius 1 is 1.23 bits per heavy atom. The van der Waals surface area contributed by atoms with Crippen molar-refractivity contribution in [3.8, 4) is 0 Å². The van der Waals surface area contributed by atoms with Crippen molar-refractivity contribution in [2.75, 3.05) is 5.32 Å². The molecule has 0 fully saturated rings. The molecule has 0 saturated heterocycles. The number of aryl methyl sites for hydroxylation is 1. The van der Waals surface area contributed by atoms with Crippen molar-refractivity contribution >= 4 is 17.7 Å². The molecule has 0 spiro atoms. The van der Waals surface area contributed by atoms with E-state index in [-0.39, 0.29) is 12.5 Å². The van der Waals surface area contributed by atoms with Crippen molar-refractivity contribution in [1.29, 1.82) is 0 Å². The van der Waals surface area contributed by atoms with Crippen LogP contribution in [0.25, 0.3) is 0 Å². The van der Waals surface area contributed by atoms with Crippen molar-refractivity contribution in [2.45, 2.75) is 32.7 Å². The lowest BCUT2D eigenvalue weighted by atomic mass is 9.83. The van der Waals surface area contributed by atoms with Crippen LogP contribution in [0.5, 0.6) is 0 Å². The number of carbonyl (C=O) groups is 2. The van der Waals surface area contributed by atoms with Gasteiger partial charge in [0.1, 0.15) is 6.54 Å². The van der Waals surface area contributed by atoms with Crippen LogP contribution in [0, 0.1) is 6.92 Å². The maximum absolute atomic E-state index is 12.5. The number of nitrogens with one attached hydrogen (secondary N) is 1. The molecular formula is C16H19N3O3. The van der Waals surface area contributed by atoms with Crippen LogP contribution in [-0.2, 0) is 21.5 Å². The lowest BCUT2D eigenvalue weighted by Crippen LogP contribution is -2.34. The fourth-order valence-electron chi connectivity index (χ4n) is 2.03. The van der Waals surface area contributed by atoms with Crippen LogP contribution in [0.4, 0.5) is 5.82 Å². The number of anilines is 1. The Bertz CT molecular complexity index is 687. The van der Waals surface area contributed by atoms with Crippen LogP contribution in [0.1, 0.15) is 25.0 Å². The number of carboxylic acids is 1. The summed E-state index contributed by atoms with van der Waals surface area (Å²) in [7, 11) is 0. The molecular weight excluding hydrogens is 282 g/mol. The summed E-state index contributed by atoms with van der Waals surface area (Å²) in [6.45, 7) is 5.42. The molecule has 2 N–H and O–H groups in total. The SMILES string of the molecule is Cc1ccc(C(C)(C)C(=O)Nc2ccn(CC(=O)O)n2)cc1. The molecule has 0 aliphatic rings. The van der Waals surface area contributed by atoms with Crippen LogP contribution in [0.3, 0.4) is 0 Å². The largest absolute Gasteiger partial charge is 0.480 e. The van der Waals surface area contributed by atoms with Crippen molar-refractivity contribution in [1.82, 2.24) is 9.78 Å². The molecule has 6 heteroatoms. The first-order valence-electron chi connectivity index (χ1n) is 6.93. The van der Waals surface area contributed by atoms with E-state index in [9.17, 15) is 9.59 Å². The summed E-state index contributed by atoms with van der Waals surface area (Å²) in [5, 5.41) is 15.5. The molecule has 1 aromatic carbocycles. The van der Waals surface area contributed by atoms with E-state index < -0.39 is 11.4 Å². The highest BCUT2D eigenvalue weighted by molar-refractivity contribution is 5.97. The highest BCUT2D eigenvalue weighted by Gasteiger charge is 2.30. The molecule has 116 valence electrons. The Morgan fingerprint density at radius 2 is 1.86 bits per heavy atom. The van der Waals surface area contributed by atoms with Gasteiger partial charge in [-0.2, -0.15) is 5.10 Å². The third kappa shape index (κ3) is 3.52. The van der Waals surface area contributed by atoms with E-state index in [2.05, 4.69) is 10.4 Å². The average Bonchev–Trinajstić information content (AvgIpc) is 2.85. The standard InChI is InChI=1S/C16H19N3O3/c1-11-4-6-12(7-5-11)16(2,3)15(22)17-13-8-9-19(18-13)10-14(20)21/h4-9H,10H2,1-3H3,(H,20,21)(H,17,18,22). The molecule has 1 heterocycles. The van der Waals surface area contributed by atoms with Crippen molar-refractivity contribution in [3.05, 3.63) is 47.7 Å². The van der Waals surface area contributed by atoms with E-state index in [0.29, 0.717) is 5.82 Å². The highest BCUT2D eigenvalue weighted by Crippen LogP contribution is 2.25. The zero-order valence-electron chi connectivity index (χ0n) is 12.8. The zero-order valence-corrected chi connectivity index (χ0v) is 12.8. The van der Waals surface area contributed by atoms with Gasteiger partial charge >= 0.3 is 5.97 Å². The second kappa shape index (κ2) is 6.01. The Labute approximate surface area is 128 Å². The van der Waals surface area contributed by atoms with E-state index in [1.165, 1.54) is 10.9 Å². The van der Waals surface area contributed by atoms with Gasteiger partial charge in [0.2, 0.25) is 5.91 Å². The Hall–Kier alpha value is -2.63. The van der Waals surface area contributed by atoms with E-state index in [0.717, 1.165) is 11.1 Å². The molecule has 0 aliphatic heterocycles. The smallest absolute Gasteiger partial charge is 0.325 e. The number of amides is 1. The van der Waals surface area contributed by atoms with E-state index in [1.54, 1.807) is 6.07 Å². The van der Waals surface area contributed by atoms with Crippen LogP contribution >= 0.6 is 0 Å². The number of carbonyl (C=O) groups excluding carboxylic acids is 1. The van der Waals surface area contributed by atoms with Gasteiger partial charge in [0.05, 0.1) is 5.41 Å². The molecule has 6 nitrogen and oxygen atoms in total. The van der Waals surface area contributed by atoms with Gasteiger partial charge in [-0.1, -0.05) is 29.8 Å². The minimum Gasteiger partial charge on any atom is -0.480 e. The first-order chi connectivity index (χ1) is 10.3. The van der Waals surface area contributed by atoms with Gasteiger partial charge in [0.15, 0.2) is 5.82 Å². The molecule has 0 radical (unpaired) electrons. The van der Waals surface area contributed by atoms with Gasteiger partial charge in [0, 0.05) is 12.3 Å². The Kier molecular flexibility index (Phi) is 4.30. The van der Waals surface area contributed by atoms with Crippen LogP contribution < -0.4 is 5.32 Å². The molecule has 2 aromatic rings. The van der Waals surface area contributed by atoms with Gasteiger partial charge in [-0.25, -0.2) is 0 Å². The Morgan fingerprint density at radius 3 is 2.45 bits per heavy atom. The Balaban J connectivity index is 2.11. The number of carboxylic acid groups (broad SMARTS) is 1. The summed E-state index contributed by atoms with van der Waals surface area (Å²) in [4.78, 5) is 23.1. The number of aliphatic carboxylic acids is 1. The maximum Gasteiger partial charge on any atom is 0.325 e. The molecule has 0 bridgehead atoms. The van der Waals surface area contributed by atoms with Crippen molar-refractivity contribution in [2.24, 2.45) is 0 Å². The molecule has 0 aliphatic carbocycles. The van der Waals surface area contributed by atoms with Gasteiger partial charge in [-0.05, 0) is 26.3 Å². The minimum absolute atomic E-state index is 0.197.